The molecule has 1 fully saturated rings. The first-order valence-electron chi connectivity index (χ1n) is 8.58. The largest absolute Gasteiger partial charge is 0.493 e. The second-order valence-electron chi connectivity index (χ2n) is 6.27. The van der Waals surface area contributed by atoms with Crippen LogP contribution in [0.15, 0.2) is 42.5 Å². The van der Waals surface area contributed by atoms with Gasteiger partial charge in [0, 0.05) is 31.3 Å². The third-order valence-electron chi connectivity index (χ3n) is 4.64. The number of hydrogen-bond donors (Lipinski definition) is 1. The van der Waals surface area contributed by atoms with E-state index in [4.69, 9.17) is 9.47 Å². The molecule has 0 unspecified atom stereocenters. The maximum absolute atomic E-state index is 14.5. The first kappa shape index (κ1) is 18.2. The average molecular weight is 358 g/mol. The lowest BCUT2D eigenvalue weighted by Crippen LogP contribution is -2.55. The number of hydrogen-bond acceptors (Lipinski definition) is 4. The normalized spacial score (nSPS) is 17.7. The molecule has 1 aliphatic heterocycles. The fourth-order valence-corrected chi connectivity index (χ4v) is 3.25. The number of methoxy groups -OCH3 is 2. The van der Waals surface area contributed by atoms with Crippen molar-refractivity contribution in [3.8, 4) is 11.5 Å². The van der Waals surface area contributed by atoms with Gasteiger partial charge in [0.15, 0.2) is 11.5 Å². The summed E-state index contributed by atoms with van der Waals surface area (Å²) >= 11 is 0. The number of nitrogens with one attached hydrogen (secondary N) is 1. The Morgan fingerprint density at radius 3 is 2.54 bits per heavy atom. The highest BCUT2D eigenvalue weighted by Crippen LogP contribution is 2.31. The van der Waals surface area contributed by atoms with Crippen LogP contribution in [0.4, 0.5) is 4.39 Å². The van der Waals surface area contributed by atoms with Gasteiger partial charge in [-0.2, -0.15) is 0 Å². The lowest BCUT2D eigenvalue weighted by Gasteiger charge is -2.35. The van der Waals surface area contributed by atoms with Crippen molar-refractivity contribution in [3.05, 3.63) is 59.4 Å². The molecule has 6 heteroatoms. The average Bonchev–Trinajstić information content (AvgIpc) is 2.66. The molecule has 2 aromatic rings. The van der Waals surface area contributed by atoms with E-state index in [0.29, 0.717) is 43.1 Å². The summed E-state index contributed by atoms with van der Waals surface area (Å²) in [5.41, 5.74) is 1.56. The van der Waals surface area contributed by atoms with E-state index in [1.807, 2.05) is 35.2 Å². The monoisotopic (exact) mass is 358 g/mol. The molecule has 0 saturated carbocycles. The van der Waals surface area contributed by atoms with Crippen LogP contribution in [0.3, 0.4) is 0 Å². The Morgan fingerprint density at radius 1 is 1.15 bits per heavy atom. The second-order valence-corrected chi connectivity index (χ2v) is 6.27. The van der Waals surface area contributed by atoms with Crippen molar-refractivity contribution in [3.63, 3.8) is 0 Å². The quantitative estimate of drug-likeness (QED) is 0.862. The molecule has 0 spiro atoms. The van der Waals surface area contributed by atoms with Crippen LogP contribution in [-0.2, 0) is 17.8 Å². The summed E-state index contributed by atoms with van der Waals surface area (Å²) in [6.07, 6.45) is 0.585. The number of nitrogens with zero attached hydrogens (tertiary/aromatic N) is 1. The molecule has 1 heterocycles. The van der Waals surface area contributed by atoms with Crippen LogP contribution >= 0.6 is 0 Å². The minimum Gasteiger partial charge on any atom is -0.493 e. The molecule has 2 aromatic carbocycles. The minimum atomic E-state index is -0.368. The van der Waals surface area contributed by atoms with Gasteiger partial charge in [0.1, 0.15) is 5.82 Å². The zero-order chi connectivity index (χ0) is 18.5. The van der Waals surface area contributed by atoms with Gasteiger partial charge in [-0.1, -0.05) is 30.3 Å². The molecule has 1 N–H and O–H groups in total. The Balaban J connectivity index is 1.83. The summed E-state index contributed by atoms with van der Waals surface area (Å²) in [7, 11) is 2.99. The minimum absolute atomic E-state index is 0.0269. The first-order valence-corrected chi connectivity index (χ1v) is 8.58. The van der Waals surface area contributed by atoms with Gasteiger partial charge >= 0.3 is 0 Å². The van der Waals surface area contributed by atoms with Crippen molar-refractivity contribution in [1.82, 2.24) is 10.2 Å². The molecule has 0 bridgehead atoms. The molecule has 1 amide bonds. The van der Waals surface area contributed by atoms with Crippen molar-refractivity contribution in [2.45, 2.75) is 19.0 Å². The van der Waals surface area contributed by atoms with E-state index in [1.54, 1.807) is 6.07 Å². The van der Waals surface area contributed by atoms with E-state index >= 15 is 0 Å². The smallest absolute Gasteiger partial charge is 0.237 e. The van der Waals surface area contributed by atoms with E-state index in [-0.39, 0.29) is 17.8 Å². The molecule has 0 aliphatic carbocycles. The number of carbonyl (C=O) groups excluding carboxylic acids is 1. The molecule has 0 radical (unpaired) electrons. The van der Waals surface area contributed by atoms with Crippen LogP contribution in [0.1, 0.15) is 11.1 Å². The zero-order valence-corrected chi connectivity index (χ0v) is 15.0. The Bertz CT molecular complexity index is 767. The summed E-state index contributed by atoms with van der Waals surface area (Å²) < 4.78 is 24.9. The van der Waals surface area contributed by atoms with Gasteiger partial charge in [0.2, 0.25) is 5.91 Å². The molecule has 1 atom stereocenters. The number of carbonyl (C=O) groups is 1. The number of ether oxygens (including phenoxy) is 2. The van der Waals surface area contributed by atoms with E-state index in [2.05, 4.69) is 5.32 Å². The van der Waals surface area contributed by atoms with Crippen LogP contribution in [0.5, 0.6) is 11.5 Å². The molecule has 3 rings (SSSR count). The van der Waals surface area contributed by atoms with Gasteiger partial charge in [-0.25, -0.2) is 4.39 Å². The van der Waals surface area contributed by atoms with E-state index in [9.17, 15) is 9.18 Å². The highest BCUT2D eigenvalue weighted by Gasteiger charge is 2.30. The standard InChI is InChI=1S/C20H23FN2O3/c1-25-18-11-15(16(21)12-19(18)26-2)13-23-9-8-22-20(24)17(23)10-14-6-4-3-5-7-14/h3-7,11-12,17H,8-10,13H2,1-2H3,(H,22,24)/t17-/m0/s1. The topological polar surface area (TPSA) is 50.8 Å². The van der Waals surface area contributed by atoms with Gasteiger partial charge in [0.05, 0.1) is 20.3 Å². The number of amides is 1. The van der Waals surface area contributed by atoms with Crippen molar-refractivity contribution in [2.24, 2.45) is 0 Å². The fraction of sp³-hybridized carbons (Fsp3) is 0.350. The van der Waals surface area contributed by atoms with Gasteiger partial charge in [-0.15, -0.1) is 0 Å². The molecular weight excluding hydrogens is 335 g/mol. The second kappa shape index (κ2) is 8.19. The summed E-state index contributed by atoms with van der Waals surface area (Å²) in [5.74, 6) is 0.434. The van der Waals surface area contributed by atoms with Crippen LogP contribution in [0.25, 0.3) is 0 Å². The summed E-state index contributed by atoms with van der Waals surface area (Å²) in [5, 5.41) is 2.90. The number of piperazine rings is 1. The van der Waals surface area contributed by atoms with Crippen LogP contribution in [0, 0.1) is 5.82 Å². The molecule has 138 valence electrons. The Morgan fingerprint density at radius 2 is 1.85 bits per heavy atom. The fourth-order valence-electron chi connectivity index (χ4n) is 3.25. The van der Waals surface area contributed by atoms with Gasteiger partial charge < -0.3 is 14.8 Å². The highest BCUT2D eigenvalue weighted by atomic mass is 19.1. The van der Waals surface area contributed by atoms with E-state index < -0.39 is 0 Å². The van der Waals surface area contributed by atoms with Crippen molar-refractivity contribution >= 4 is 5.91 Å². The van der Waals surface area contributed by atoms with E-state index in [1.165, 1.54) is 20.3 Å². The summed E-state index contributed by atoms with van der Waals surface area (Å²) in [6, 6.07) is 12.5. The Hall–Kier alpha value is -2.60. The molecule has 5 nitrogen and oxygen atoms in total. The first-order chi connectivity index (χ1) is 12.6. The van der Waals surface area contributed by atoms with Crippen molar-refractivity contribution in [1.29, 1.82) is 0 Å². The van der Waals surface area contributed by atoms with Gasteiger partial charge in [-0.05, 0) is 18.1 Å². The van der Waals surface area contributed by atoms with Gasteiger partial charge in [0.25, 0.3) is 0 Å². The number of halogens is 1. The van der Waals surface area contributed by atoms with Crippen molar-refractivity contribution in [2.75, 3.05) is 27.3 Å². The number of benzene rings is 2. The lowest BCUT2D eigenvalue weighted by molar-refractivity contribution is -0.129. The Labute approximate surface area is 152 Å². The molecule has 26 heavy (non-hydrogen) atoms. The predicted molar refractivity (Wildman–Crippen MR) is 96.9 cm³/mol. The molecule has 0 aromatic heterocycles. The predicted octanol–water partition coefficient (Wildman–Crippen LogP) is 2.39. The lowest BCUT2D eigenvalue weighted by atomic mass is 10.0. The zero-order valence-electron chi connectivity index (χ0n) is 15.0. The highest BCUT2D eigenvalue weighted by molar-refractivity contribution is 5.82. The summed E-state index contributed by atoms with van der Waals surface area (Å²) in [6.45, 7) is 1.55. The third-order valence-corrected chi connectivity index (χ3v) is 4.64. The van der Waals surface area contributed by atoms with Gasteiger partial charge in [-0.3, -0.25) is 9.69 Å². The third kappa shape index (κ3) is 3.96. The molecule has 1 saturated heterocycles. The van der Waals surface area contributed by atoms with Crippen LogP contribution in [0.2, 0.25) is 0 Å². The molecular formula is C20H23FN2O3. The number of rotatable bonds is 6. The maximum Gasteiger partial charge on any atom is 0.237 e. The Kier molecular flexibility index (Phi) is 5.73. The van der Waals surface area contributed by atoms with Crippen molar-refractivity contribution < 1.29 is 18.7 Å². The van der Waals surface area contributed by atoms with E-state index in [0.717, 1.165) is 5.56 Å². The maximum atomic E-state index is 14.5. The SMILES string of the molecule is COc1cc(F)c(CN2CCNC(=O)[C@@H]2Cc2ccccc2)cc1OC. The van der Waals surface area contributed by atoms with Crippen LogP contribution < -0.4 is 14.8 Å². The van der Waals surface area contributed by atoms with Crippen LogP contribution in [-0.4, -0.2) is 44.2 Å². The molecule has 1 aliphatic rings. The summed E-state index contributed by atoms with van der Waals surface area (Å²) in [4.78, 5) is 14.4.